The lowest BCUT2D eigenvalue weighted by molar-refractivity contribution is 0.353. The lowest BCUT2D eigenvalue weighted by Crippen LogP contribution is -2.28. The zero-order valence-corrected chi connectivity index (χ0v) is 95.9. The first kappa shape index (κ1) is 111. The monoisotopic (exact) mass is 1970 g/mol. The van der Waals surface area contributed by atoms with E-state index in [1.807, 2.05) is 0 Å². The van der Waals surface area contributed by atoms with Crippen molar-refractivity contribution >= 4 is 0 Å². The van der Waals surface area contributed by atoms with Crippen LogP contribution in [-0.2, 0) is 32.5 Å². The van der Waals surface area contributed by atoms with Crippen LogP contribution in [0.5, 0.6) is 0 Å². The van der Waals surface area contributed by atoms with Gasteiger partial charge in [-0.05, 0) is 238 Å². The molecule has 0 bridgehead atoms. The minimum atomic E-state index is -0.254. The van der Waals surface area contributed by atoms with Gasteiger partial charge in [-0.2, -0.15) is 0 Å². The highest BCUT2D eigenvalue weighted by Gasteiger charge is 2.53. The molecule has 0 nitrogen and oxygen atoms in total. The summed E-state index contributed by atoms with van der Waals surface area (Å²) in [7, 11) is 0. The molecular weight excluding hydrogens is 1800 g/mol. The molecular formula is C150H170. The van der Waals surface area contributed by atoms with Gasteiger partial charge in [0, 0.05) is 21.7 Å². The normalized spacial score (nSPS) is 15.2. The summed E-state index contributed by atoms with van der Waals surface area (Å²) in [4.78, 5) is 0. The average molecular weight is 1970 g/mol. The number of benzene rings is 17. The summed E-state index contributed by atoms with van der Waals surface area (Å²) >= 11 is 0. The molecule has 0 saturated heterocycles. The third-order valence-corrected chi connectivity index (χ3v) is 28.8. The summed E-state index contributed by atoms with van der Waals surface area (Å²) in [6.45, 7) is 59.4. The van der Waals surface area contributed by atoms with Gasteiger partial charge in [0.15, 0.2) is 0 Å². The fourth-order valence-corrected chi connectivity index (χ4v) is 23.7. The van der Waals surface area contributed by atoms with Gasteiger partial charge in [0.2, 0.25) is 0 Å². The van der Waals surface area contributed by atoms with Crippen molar-refractivity contribution in [1.82, 2.24) is 0 Å². The van der Waals surface area contributed by atoms with Crippen LogP contribution in [0, 0.1) is 32.5 Å². The summed E-state index contributed by atoms with van der Waals surface area (Å²) in [5, 5.41) is 0. The van der Waals surface area contributed by atoms with Gasteiger partial charge < -0.3 is 0 Å². The molecule has 9 aliphatic carbocycles. The first-order valence-electron chi connectivity index (χ1n) is 55.7. The highest BCUT2D eigenvalue weighted by Crippen LogP contribution is 2.65. The predicted octanol–water partition coefficient (Wildman–Crippen LogP) is 42.9. The summed E-state index contributed by atoms with van der Waals surface area (Å²) in [5.74, 6) is 0. The van der Waals surface area contributed by atoms with E-state index in [9.17, 15) is 0 Å². The Bertz CT molecular complexity index is 6650. The van der Waals surface area contributed by atoms with Crippen LogP contribution in [0.25, 0.3) is 77.9 Å². The van der Waals surface area contributed by atoms with Gasteiger partial charge in [0.05, 0.1) is 10.8 Å². The van der Waals surface area contributed by atoms with E-state index < -0.39 is 0 Å². The molecule has 150 heavy (non-hydrogen) atoms. The zero-order chi connectivity index (χ0) is 107. The second-order valence-electron chi connectivity index (χ2n) is 52.9. The van der Waals surface area contributed by atoms with E-state index in [0.29, 0.717) is 43.3 Å². The second-order valence-corrected chi connectivity index (χ2v) is 52.9. The van der Waals surface area contributed by atoms with Crippen molar-refractivity contribution in [2.45, 2.75) is 277 Å². The van der Waals surface area contributed by atoms with E-state index in [-0.39, 0.29) is 21.7 Å². The van der Waals surface area contributed by atoms with Crippen LogP contribution in [0.2, 0.25) is 0 Å². The molecule has 0 N–H and O–H groups in total. The maximum Gasteiger partial charge on any atom is 0.0725 e. The first-order chi connectivity index (χ1) is 71.2. The fourth-order valence-electron chi connectivity index (χ4n) is 23.7. The Hall–Kier alpha value is -13.3. The van der Waals surface area contributed by atoms with E-state index in [4.69, 9.17) is 0 Å². The van der Waals surface area contributed by atoms with Crippen molar-refractivity contribution in [1.29, 1.82) is 0 Å². The lowest BCUT2D eigenvalue weighted by Gasteiger charge is -2.35. The van der Waals surface area contributed by atoms with Gasteiger partial charge in [0.25, 0.3) is 0 Å². The van der Waals surface area contributed by atoms with Crippen molar-refractivity contribution in [2.75, 3.05) is 0 Å². The van der Waals surface area contributed by atoms with Crippen LogP contribution >= 0.6 is 0 Å². The third kappa shape index (κ3) is 24.5. The average Bonchev–Trinajstić information content (AvgIpc) is 1.52. The molecule has 2 fully saturated rings. The zero-order valence-electron chi connectivity index (χ0n) is 95.9. The molecule has 0 aliphatic heterocycles. The van der Waals surface area contributed by atoms with Crippen LogP contribution in [0.1, 0.15) is 339 Å². The predicted molar refractivity (Wildman–Crippen MR) is 652 cm³/mol. The summed E-state index contributed by atoms with van der Waals surface area (Å²) < 4.78 is 0. The SMILES string of the molecule is CC(C)(C)C.CC(C)(C)C.CC(C)(C)C.CC(C)(C)C.CC(C)(C)C.CC(C)(C)C.CC1(C)c2ccccc2-c2ccccc21.CC1(c2ccccc2)c2ccccc2-c2ccccc21.c1ccc(C2(c3ccccc3)c3ccccc3-c3ccccc32)cc1.c1ccc2c(c1)-c1ccccc1C21CCCC1.c1ccc2c(c1)-c1ccccc1C21CCCCC1.c1ccc2c(c1)-c1ccccc1C21c2ccccc2-c2ccccc21. The summed E-state index contributed by atoms with van der Waals surface area (Å²) in [6.07, 6.45) is 12.3. The maximum absolute atomic E-state index is 2.36. The Morgan fingerprint density at radius 3 is 0.473 bits per heavy atom. The van der Waals surface area contributed by atoms with E-state index in [0.717, 1.165) is 0 Å². The Kier molecular flexibility index (Phi) is 33.9. The maximum atomic E-state index is 2.36. The molecule has 0 heteroatoms. The van der Waals surface area contributed by atoms with Gasteiger partial charge in [-0.25, -0.2) is 0 Å². The lowest BCUT2D eigenvalue weighted by atomic mass is 9.68. The molecule has 0 aromatic heterocycles. The fraction of sp³-hybridized carbons (Fsp3) is 0.320. The van der Waals surface area contributed by atoms with Crippen molar-refractivity contribution in [3.8, 4) is 77.9 Å². The smallest absolute Gasteiger partial charge is 0.0622 e. The van der Waals surface area contributed by atoms with Gasteiger partial charge >= 0.3 is 0 Å². The number of rotatable bonds is 3. The highest BCUT2D eigenvalue weighted by atomic mass is 14.5. The van der Waals surface area contributed by atoms with Crippen molar-refractivity contribution in [3.63, 3.8) is 0 Å². The van der Waals surface area contributed by atoms with Crippen molar-refractivity contribution in [3.05, 3.63) is 525 Å². The Morgan fingerprint density at radius 1 is 0.133 bits per heavy atom. The molecule has 770 valence electrons. The van der Waals surface area contributed by atoms with Crippen LogP contribution in [0.4, 0.5) is 0 Å². The van der Waals surface area contributed by atoms with E-state index in [2.05, 4.69) is 618 Å². The molecule has 26 rings (SSSR count). The van der Waals surface area contributed by atoms with Crippen LogP contribution in [-0.4, -0.2) is 0 Å². The van der Waals surface area contributed by atoms with Crippen LogP contribution in [0.15, 0.2) is 431 Å². The minimum Gasteiger partial charge on any atom is -0.0622 e. The van der Waals surface area contributed by atoms with E-state index in [1.54, 1.807) is 22.3 Å². The quantitative estimate of drug-likeness (QED) is 0.165. The van der Waals surface area contributed by atoms with Crippen molar-refractivity contribution < 1.29 is 0 Å². The van der Waals surface area contributed by atoms with Gasteiger partial charge in [0.1, 0.15) is 0 Å². The molecule has 2 saturated carbocycles. The number of hydrogen-bond acceptors (Lipinski definition) is 0. The summed E-state index contributed by atoms with van der Waals surface area (Å²) in [5.41, 5.74) is 47.4. The van der Waals surface area contributed by atoms with Crippen LogP contribution < -0.4 is 0 Å². The van der Waals surface area contributed by atoms with E-state index >= 15 is 0 Å². The Balaban J connectivity index is 0.000000128. The second kappa shape index (κ2) is 45.9. The molecule has 0 atom stereocenters. The van der Waals surface area contributed by atoms with Gasteiger partial charge in [-0.3, -0.25) is 0 Å². The third-order valence-electron chi connectivity index (χ3n) is 28.8. The molecule has 17 aromatic carbocycles. The Morgan fingerprint density at radius 2 is 0.267 bits per heavy atom. The number of hydrogen-bond donors (Lipinski definition) is 0. The molecule has 0 unspecified atom stereocenters. The largest absolute Gasteiger partial charge is 0.0725 e. The first-order valence-corrected chi connectivity index (χ1v) is 55.7. The minimum absolute atomic E-state index is 0.0472. The van der Waals surface area contributed by atoms with Gasteiger partial charge in [-0.1, -0.05) is 643 Å². The molecule has 17 aromatic rings. The molecule has 3 spiro atoms. The van der Waals surface area contributed by atoms with E-state index in [1.165, 1.54) is 208 Å². The topological polar surface area (TPSA) is 0 Å². The van der Waals surface area contributed by atoms with Gasteiger partial charge in [-0.15, -0.1) is 0 Å². The Labute approximate surface area is 906 Å². The van der Waals surface area contributed by atoms with Crippen molar-refractivity contribution in [2.24, 2.45) is 32.5 Å². The standard InChI is InChI=1S/C25H16.C25H18.C20H16.C18H18.C17H16.C15H14.6C5H12/c1-5-13-21-17(9-1)18-10-2-6-14-22(18)25(21)23-15-7-3-11-19(23)20-12-4-8-16-24(20)25;1-3-11-19(12-4-1)25(20-13-5-2-6-14-20)23-17-9-7-15-21(23)22-16-8-10-18-24(22)25;1-20(15-9-3-2-4-10-15)18-13-7-5-11-16(18)17-12-6-8-14-19(17)20;1-6-12-18(13-7-1)16-10-4-2-8-14(16)15-9-3-5-11-17(15)18;1-3-9-15-13(7-1)14-8-2-4-10-16(14)17(15)11-5-6-12-17;1-15(2)13-9-5-3-7-11(13)12-8-4-6-10-14(12)15;6*1-5(2,3)4/h1-16H;1-18H;2-14H,1H3;2-5,8-11H,1,6-7,12-13H2;1-4,7-10H,5-6,11-12H2;3-10H,1-2H3;6*1-4H3. The number of fused-ring (bicyclic) bond motifs is 29. The molecule has 9 aliphatic rings. The molecule has 0 heterocycles. The summed E-state index contributed by atoms with van der Waals surface area (Å²) in [6, 6.07) is 157. The van der Waals surface area contributed by atoms with Crippen LogP contribution in [0.3, 0.4) is 0 Å². The highest BCUT2D eigenvalue weighted by molar-refractivity contribution is 5.96. The molecule has 0 amide bonds. The molecule has 0 radical (unpaired) electrons.